The summed E-state index contributed by atoms with van der Waals surface area (Å²) in [6.45, 7) is 5.37. The highest BCUT2D eigenvalue weighted by molar-refractivity contribution is 7.09. The Morgan fingerprint density at radius 3 is 2.92 bits per heavy atom. The highest BCUT2D eigenvalue weighted by atomic mass is 32.1. The van der Waals surface area contributed by atoms with Crippen molar-refractivity contribution in [3.63, 3.8) is 0 Å². The highest BCUT2D eigenvalue weighted by Gasteiger charge is 2.32. The van der Waals surface area contributed by atoms with E-state index in [0.717, 1.165) is 42.8 Å². The second-order valence-corrected chi connectivity index (χ2v) is 7.65. The molecule has 0 saturated heterocycles. The second kappa shape index (κ2) is 7.83. The summed E-state index contributed by atoms with van der Waals surface area (Å²) in [5, 5.41) is 15.3. The molecule has 6 heteroatoms. The van der Waals surface area contributed by atoms with E-state index >= 15 is 0 Å². The average molecular weight is 356 g/mol. The zero-order valence-corrected chi connectivity index (χ0v) is 15.7. The molecular weight excluding hydrogens is 332 g/mol. The van der Waals surface area contributed by atoms with Crippen molar-refractivity contribution in [3.8, 4) is 6.07 Å². The number of hydrogen-bond donors (Lipinski definition) is 0. The predicted molar refractivity (Wildman–Crippen MR) is 98.1 cm³/mol. The van der Waals surface area contributed by atoms with Gasteiger partial charge in [-0.1, -0.05) is 6.07 Å². The summed E-state index contributed by atoms with van der Waals surface area (Å²) < 4.78 is 1.89. The molecule has 0 spiro atoms. The Morgan fingerprint density at radius 2 is 2.28 bits per heavy atom. The molecule has 3 rings (SSSR count). The molecule has 2 heterocycles. The first-order chi connectivity index (χ1) is 12.1. The molecule has 1 amide bonds. The number of aryl methyl sites for hydroxylation is 2. The van der Waals surface area contributed by atoms with Crippen LogP contribution in [0.3, 0.4) is 0 Å². The number of hydrogen-bond acceptors (Lipinski definition) is 4. The van der Waals surface area contributed by atoms with Crippen LogP contribution in [-0.4, -0.2) is 26.6 Å². The number of nitriles is 1. The van der Waals surface area contributed by atoms with Crippen LogP contribution < -0.4 is 0 Å². The Balaban J connectivity index is 1.63. The minimum atomic E-state index is 0.236. The van der Waals surface area contributed by atoms with Crippen LogP contribution >= 0.6 is 11.3 Å². The Morgan fingerprint density at radius 1 is 1.48 bits per heavy atom. The fourth-order valence-corrected chi connectivity index (χ4v) is 3.93. The van der Waals surface area contributed by atoms with E-state index in [1.165, 1.54) is 4.88 Å². The maximum atomic E-state index is 12.8. The summed E-state index contributed by atoms with van der Waals surface area (Å²) in [7, 11) is 0. The minimum absolute atomic E-state index is 0.236. The lowest BCUT2D eigenvalue weighted by Crippen LogP contribution is -2.32. The number of nitrogens with zero attached hydrogens (tertiary/aromatic N) is 4. The van der Waals surface area contributed by atoms with Crippen LogP contribution in [0, 0.1) is 25.2 Å². The lowest BCUT2D eigenvalue weighted by molar-refractivity contribution is -0.132. The topological polar surface area (TPSA) is 61.9 Å². The van der Waals surface area contributed by atoms with Crippen molar-refractivity contribution in [1.82, 2.24) is 14.7 Å². The third-order valence-corrected chi connectivity index (χ3v) is 5.63. The third kappa shape index (κ3) is 4.29. The van der Waals surface area contributed by atoms with Gasteiger partial charge in [-0.3, -0.25) is 9.48 Å². The van der Waals surface area contributed by atoms with Crippen molar-refractivity contribution < 1.29 is 4.79 Å². The maximum absolute atomic E-state index is 12.8. The Kier molecular flexibility index (Phi) is 5.54. The van der Waals surface area contributed by atoms with Crippen molar-refractivity contribution in [2.75, 3.05) is 0 Å². The van der Waals surface area contributed by atoms with E-state index in [4.69, 9.17) is 5.26 Å². The summed E-state index contributed by atoms with van der Waals surface area (Å²) in [5.74, 6) is 0.236. The average Bonchev–Trinajstić information content (AvgIpc) is 3.23. The van der Waals surface area contributed by atoms with Crippen LogP contribution in [0.15, 0.2) is 17.5 Å². The standard InChI is InChI=1S/C19H24N4OS/c1-14-18(15(2)23(21-14)11-4-10-20)8-9-19(24)22(16-6-7-16)13-17-5-3-12-25-17/h3,5,12,16H,4,6-9,11,13H2,1-2H3. The van der Waals surface area contributed by atoms with E-state index in [1.54, 1.807) is 11.3 Å². The predicted octanol–water partition coefficient (Wildman–Crippen LogP) is 3.60. The summed E-state index contributed by atoms with van der Waals surface area (Å²) in [4.78, 5) is 16.1. The van der Waals surface area contributed by atoms with Gasteiger partial charge in [0.25, 0.3) is 0 Å². The largest absolute Gasteiger partial charge is 0.335 e. The molecule has 1 aliphatic carbocycles. The number of carbonyl (C=O) groups is 1. The molecule has 0 N–H and O–H groups in total. The first-order valence-electron chi connectivity index (χ1n) is 8.82. The van der Waals surface area contributed by atoms with Gasteiger partial charge >= 0.3 is 0 Å². The monoisotopic (exact) mass is 356 g/mol. The molecular formula is C19H24N4OS. The number of thiophene rings is 1. The summed E-state index contributed by atoms with van der Waals surface area (Å²) in [6, 6.07) is 6.72. The number of amides is 1. The molecule has 5 nitrogen and oxygen atoms in total. The smallest absolute Gasteiger partial charge is 0.223 e. The van der Waals surface area contributed by atoms with E-state index in [2.05, 4.69) is 27.5 Å². The van der Waals surface area contributed by atoms with Gasteiger partial charge < -0.3 is 4.90 Å². The zero-order valence-electron chi connectivity index (χ0n) is 14.9. The molecule has 0 unspecified atom stereocenters. The molecule has 25 heavy (non-hydrogen) atoms. The van der Waals surface area contributed by atoms with Gasteiger partial charge in [0.2, 0.25) is 5.91 Å². The Hall–Kier alpha value is -2.13. The Labute approximate surface area is 152 Å². The summed E-state index contributed by atoms with van der Waals surface area (Å²) in [5.41, 5.74) is 3.20. The van der Waals surface area contributed by atoms with Crippen molar-refractivity contribution >= 4 is 17.2 Å². The van der Waals surface area contributed by atoms with Crippen LogP contribution in [0.2, 0.25) is 0 Å². The molecule has 0 aliphatic heterocycles. The van der Waals surface area contributed by atoms with Crippen LogP contribution in [0.1, 0.15) is 47.5 Å². The van der Waals surface area contributed by atoms with Gasteiger partial charge in [0.05, 0.1) is 31.3 Å². The van der Waals surface area contributed by atoms with E-state index in [9.17, 15) is 4.79 Å². The molecule has 1 saturated carbocycles. The van der Waals surface area contributed by atoms with Gasteiger partial charge in [0, 0.05) is 23.0 Å². The molecule has 0 aromatic carbocycles. The molecule has 0 radical (unpaired) electrons. The first-order valence-corrected chi connectivity index (χ1v) is 9.69. The number of aromatic nitrogens is 2. The fraction of sp³-hybridized carbons (Fsp3) is 0.526. The van der Waals surface area contributed by atoms with Gasteiger partial charge in [0.1, 0.15) is 0 Å². The van der Waals surface area contributed by atoms with Crippen molar-refractivity contribution in [1.29, 1.82) is 5.26 Å². The fourth-order valence-electron chi connectivity index (χ4n) is 3.22. The summed E-state index contributed by atoms with van der Waals surface area (Å²) >= 11 is 1.71. The van der Waals surface area contributed by atoms with Crippen LogP contribution in [-0.2, 0) is 24.3 Å². The van der Waals surface area contributed by atoms with E-state index in [1.807, 2.05) is 24.6 Å². The molecule has 0 bridgehead atoms. The molecule has 132 valence electrons. The normalized spacial score (nSPS) is 13.6. The SMILES string of the molecule is Cc1nn(CCC#N)c(C)c1CCC(=O)N(Cc1cccs1)C1CC1. The Bertz CT molecular complexity index is 768. The van der Waals surface area contributed by atoms with Crippen LogP contribution in [0.4, 0.5) is 0 Å². The van der Waals surface area contributed by atoms with Gasteiger partial charge in [-0.25, -0.2) is 0 Å². The van der Waals surface area contributed by atoms with Gasteiger partial charge in [0.15, 0.2) is 0 Å². The van der Waals surface area contributed by atoms with Crippen molar-refractivity contribution in [2.45, 2.75) is 65.1 Å². The maximum Gasteiger partial charge on any atom is 0.223 e. The molecule has 0 atom stereocenters. The lowest BCUT2D eigenvalue weighted by atomic mass is 10.1. The molecule has 1 aliphatic rings. The first kappa shape index (κ1) is 17.7. The van der Waals surface area contributed by atoms with E-state index in [-0.39, 0.29) is 5.91 Å². The van der Waals surface area contributed by atoms with E-state index < -0.39 is 0 Å². The van der Waals surface area contributed by atoms with Gasteiger partial charge in [-0.2, -0.15) is 10.4 Å². The molecule has 2 aromatic rings. The van der Waals surface area contributed by atoms with Crippen molar-refractivity contribution in [3.05, 3.63) is 39.3 Å². The van der Waals surface area contributed by atoms with Crippen molar-refractivity contribution in [2.24, 2.45) is 0 Å². The lowest BCUT2D eigenvalue weighted by Gasteiger charge is -2.22. The zero-order chi connectivity index (χ0) is 17.8. The van der Waals surface area contributed by atoms with Crippen LogP contribution in [0.25, 0.3) is 0 Å². The molecule has 2 aromatic heterocycles. The highest BCUT2D eigenvalue weighted by Crippen LogP contribution is 2.30. The molecule has 1 fully saturated rings. The van der Waals surface area contributed by atoms with Crippen LogP contribution in [0.5, 0.6) is 0 Å². The number of carbonyl (C=O) groups excluding carboxylic acids is 1. The minimum Gasteiger partial charge on any atom is -0.335 e. The third-order valence-electron chi connectivity index (χ3n) is 4.77. The second-order valence-electron chi connectivity index (χ2n) is 6.61. The van der Waals surface area contributed by atoms with Gasteiger partial charge in [-0.15, -0.1) is 11.3 Å². The quantitative estimate of drug-likeness (QED) is 0.726. The summed E-state index contributed by atoms with van der Waals surface area (Å²) in [6.07, 6.45) is 3.95. The van der Waals surface area contributed by atoms with E-state index in [0.29, 0.717) is 25.4 Å². The van der Waals surface area contributed by atoms with Gasteiger partial charge in [-0.05, 0) is 50.1 Å². The number of rotatable bonds is 8.